The van der Waals surface area contributed by atoms with Gasteiger partial charge in [-0.25, -0.2) is 0 Å². The number of hydrogen-bond donors (Lipinski definition) is 1. The van der Waals surface area contributed by atoms with Gasteiger partial charge in [-0.3, -0.25) is 10.1 Å². The molecular formula is C18H21N5O2S. The molecule has 26 heavy (non-hydrogen) atoms. The molecule has 0 aromatic carbocycles. The molecule has 0 saturated carbocycles. The lowest BCUT2D eigenvalue weighted by atomic mass is 10.1. The lowest BCUT2D eigenvalue weighted by Crippen LogP contribution is -2.17. The minimum atomic E-state index is -0.479. The van der Waals surface area contributed by atoms with Crippen LogP contribution in [0.4, 0.5) is 5.13 Å². The zero-order valence-electron chi connectivity index (χ0n) is 15.1. The molecule has 1 saturated heterocycles. The summed E-state index contributed by atoms with van der Waals surface area (Å²) in [5.41, 5.74) is 3.00. The Kier molecular flexibility index (Phi) is 5.49. The van der Waals surface area contributed by atoms with E-state index < -0.39 is 5.91 Å². The number of carbonyl (C=O) groups is 1. The highest BCUT2D eigenvalue weighted by Gasteiger charge is 2.19. The highest BCUT2D eigenvalue weighted by atomic mass is 32.1. The summed E-state index contributed by atoms with van der Waals surface area (Å²) in [5, 5.41) is 20.9. The zero-order chi connectivity index (χ0) is 18.7. The van der Waals surface area contributed by atoms with Crippen molar-refractivity contribution in [3.8, 4) is 6.07 Å². The molecule has 0 bridgehead atoms. The lowest BCUT2D eigenvalue weighted by molar-refractivity contribution is -0.112. The van der Waals surface area contributed by atoms with Gasteiger partial charge in [0.25, 0.3) is 5.91 Å². The van der Waals surface area contributed by atoms with E-state index in [2.05, 4.69) is 20.1 Å². The maximum Gasteiger partial charge on any atom is 0.268 e. The molecule has 1 aliphatic heterocycles. The number of aromatic nitrogens is 3. The van der Waals surface area contributed by atoms with Crippen LogP contribution in [0.15, 0.2) is 11.6 Å². The van der Waals surface area contributed by atoms with Crippen LogP contribution in [0.5, 0.6) is 0 Å². The van der Waals surface area contributed by atoms with Crippen LogP contribution in [0.25, 0.3) is 6.08 Å². The van der Waals surface area contributed by atoms with Crippen molar-refractivity contribution in [3.05, 3.63) is 33.6 Å². The molecular weight excluding hydrogens is 350 g/mol. The molecule has 7 nitrogen and oxygen atoms in total. The number of nitrogens with one attached hydrogen (secondary N) is 1. The summed E-state index contributed by atoms with van der Waals surface area (Å²) >= 11 is 1.27. The third kappa shape index (κ3) is 4.00. The average Bonchev–Trinajstić information content (AvgIpc) is 3.31. The van der Waals surface area contributed by atoms with Gasteiger partial charge in [-0.05, 0) is 51.3 Å². The number of rotatable bonds is 5. The Morgan fingerprint density at radius 3 is 2.92 bits per heavy atom. The standard InChI is InChI=1S/C18H21N5O2S/c1-11-7-14(12(2)23(11)10-16-5-4-6-25-16)8-15(9-19)17(24)20-18-22-21-13(3)26-18/h7-8,16H,4-6,10H2,1-3H3,(H,20,22,24). The van der Waals surface area contributed by atoms with Crippen molar-refractivity contribution in [2.24, 2.45) is 0 Å². The van der Waals surface area contributed by atoms with Gasteiger partial charge in [-0.15, -0.1) is 10.2 Å². The van der Waals surface area contributed by atoms with Crippen LogP contribution in [-0.2, 0) is 16.1 Å². The number of amides is 1. The average molecular weight is 371 g/mol. The van der Waals surface area contributed by atoms with Crippen molar-refractivity contribution in [1.82, 2.24) is 14.8 Å². The Hall–Kier alpha value is -2.50. The van der Waals surface area contributed by atoms with Crippen LogP contribution in [0.1, 0.15) is 34.8 Å². The third-order valence-electron chi connectivity index (χ3n) is 4.43. The second kappa shape index (κ2) is 7.81. The molecule has 8 heteroatoms. The first-order chi connectivity index (χ1) is 12.5. The van der Waals surface area contributed by atoms with E-state index in [-0.39, 0.29) is 11.7 Å². The molecule has 0 aliphatic carbocycles. The van der Waals surface area contributed by atoms with E-state index >= 15 is 0 Å². The quantitative estimate of drug-likeness (QED) is 0.644. The number of anilines is 1. The Bertz CT molecular complexity index is 884. The van der Waals surface area contributed by atoms with E-state index in [4.69, 9.17) is 4.74 Å². The number of carbonyl (C=O) groups excluding carboxylic acids is 1. The van der Waals surface area contributed by atoms with Gasteiger partial charge in [0.05, 0.1) is 6.10 Å². The smallest absolute Gasteiger partial charge is 0.268 e. The molecule has 2 aromatic rings. The van der Waals surface area contributed by atoms with Gasteiger partial charge >= 0.3 is 0 Å². The molecule has 2 aromatic heterocycles. The zero-order valence-corrected chi connectivity index (χ0v) is 15.9. The minimum Gasteiger partial charge on any atom is -0.376 e. The van der Waals surface area contributed by atoms with E-state index in [0.29, 0.717) is 5.13 Å². The molecule has 3 heterocycles. The van der Waals surface area contributed by atoms with E-state index in [1.54, 1.807) is 13.0 Å². The number of ether oxygens (including phenoxy) is 1. The van der Waals surface area contributed by atoms with Gasteiger partial charge in [0.15, 0.2) is 0 Å². The Morgan fingerprint density at radius 1 is 1.50 bits per heavy atom. The summed E-state index contributed by atoms with van der Waals surface area (Å²) in [5.74, 6) is -0.479. The topological polar surface area (TPSA) is 92.8 Å². The molecule has 1 aliphatic rings. The molecule has 1 atom stereocenters. The van der Waals surface area contributed by atoms with Crippen LogP contribution in [0, 0.1) is 32.1 Å². The Morgan fingerprint density at radius 2 is 2.31 bits per heavy atom. The molecule has 1 unspecified atom stereocenters. The van der Waals surface area contributed by atoms with E-state index in [9.17, 15) is 10.1 Å². The second-order valence-electron chi connectivity index (χ2n) is 6.32. The first-order valence-corrected chi connectivity index (χ1v) is 9.31. The maximum absolute atomic E-state index is 12.3. The monoisotopic (exact) mass is 371 g/mol. The highest BCUT2D eigenvalue weighted by Crippen LogP contribution is 2.22. The summed E-state index contributed by atoms with van der Waals surface area (Å²) in [4.78, 5) is 12.3. The number of nitrogens with zero attached hydrogens (tertiary/aromatic N) is 4. The Balaban J connectivity index is 1.80. The number of nitriles is 1. The van der Waals surface area contributed by atoms with Gasteiger partial charge in [0, 0.05) is 24.5 Å². The first kappa shape index (κ1) is 18.3. The van der Waals surface area contributed by atoms with E-state index in [0.717, 1.165) is 48.0 Å². The van der Waals surface area contributed by atoms with Crippen molar-refractivity contribution < 1.29 is 9.53 Å². The van der Waals surface area contributed by atoms with Gasteiger partial charge in [0.1, 0.15) is 16.6 Å². The van der Waals surface area contributed by atoms with Crippen LogP contribution in [0.2, 0.25) is 0 Å². The fourth-order valence-electron chi connectivity index (χ4n) is 3.06. The molecule has 1 fully saturated rings. The highest BCUT2D eigenvalue weighted by molar-refractivity contribution is 7.15. The van der Waals surface area contributed by atoms with Crippen molar-refractivity contribution in [3.63, 3.8) is 0 Å². The first-order valence-electron chi connectivity index (χ1n) is 8.49. The van der Waals surface area contributed by atoms with Crippen molar-refractivity contribution >= 4 is 28.5 Å². The van der Waals surface area contributed by atoms with Crippen LogP contribution < -0.4 is 5.32 Å². The summed E-state index contributed by atoms with van der Waals surface area (Å²) in [6.45, 7) is 7.44. The molecule has 0 spiro atoms. The maximum atomic E-state index is 12.3. The second-order valence-corrected chi connectivity index (χ2v) is 7.50. The van der Waals surface area contributed by atoms with Gasteiger partial charge < -0.3 is 9.30 Å². The number of hydrogen-bond acceptors (Lipinski definition) is 6. The normalized spacial score (nSPS) is 17.3. The summed E-state index contributed by atoms with van der Waals surface area (Å²) < 4.78 is 7.90. The summed E-state index contributed by atoms with van der Waals surface area (Å²) in [7, 11) is 0. The summed E-state index contributed by atoms with van der Waals surface area (Å²) in [6, 6.07) is 3.97. The number of aryl methyl sites for hydroxylation is 2. The molecule has 1 amide bonds. The fourth-order valence-corrected chi connectivity index (χ4v) is 3.65. The Labute approximate surface area is 156 Å². The van der Waals surface area contributed by atoms with Crippen LogP contribution >= 0.6 is 11.3 Å². The SMILES string of the molecule is Cc1nnc(NC(=O)C(C#N)=Cc2cc(C)n(CC3CCCO3)c2C)s1. The molecule has 3 rings (SSSR count). The summed E-state index contributed by atoms with van der Waals surface area (Å²) in [6.07, 6.45) is 4.02. The van der Waals surface area contributed by atoms with Crippen LogP contribution in [0.3, 0.4) is 0 Å². The lowest BCUT2D eigenvalue weighted by Gasteiger charge is -2.14. The predicted octanol–water partition coefficient (Wildman–Crippen LogP) is 2.99. The minimum absolute atomic E-state index is 0.0372. The molecule has 136 valence electrons. The molecule has 0 radical (unpaired) electrons. The van der Waals surface area contributed by atoms with Crippen molar-refractivity contribution in [1.29, 1.82) is 5.26 Å². The molecule has 1 N–H and O–H groups in total. The van der Waals surface area contributed by atoms with Gasteiger partial charge in [-0.1, -0.05) is 11.3 Å². The van der Waals surface area contributed by atoms with Crippen molar-refractivity contribution in [2.75, 3.05) is 11.9 Å². The van der Waals surface area contributed by atoms with Crippen LogP contribution in [-0.4, -0.2) is 33.4 Å². The van der Waals surface area contributed by atoms with Crippen molar-refractivity contribution in [2.45, 2.75) is 46.3 Å². The fraction of sp³-hybridized carbons (Fsp3) is 0.444. The predicted molar refractivity (Wildman–Crippen MR) is 99.7 cm³/mol. The largest absolute Gasteiger partial charge is 0.376 e. The van der Waals surface area contributed by atoms with Gasteiger partial charge in [0.2, 0.25) is 5.13 Å². The van der Waals surface area contributed by atoms with Gasteiger partial charge in [-0.2, -0.15) is 5.26 Å². The van der Waals surface area contributed by atoms with E-state index in [1.807, 2.05) is 26.0 Å². The van der Waals surface area contributed by atoms with E-state index in [1.165, 1.54) is 11.3 Å². The third-order valence-corrected chi connectivity index (χ3v) is 5.19.